The van der Waals surface area contributed by atoms with Gasteiger partial charge in [0, 0.05) is 12.2 Å². The summed E-state index contributed by atoms with van der Waals surface area (Å²) in [5.41, 5.74) is 5.54. The molecule has 4 nitrogen and oxygen atoms in total. The number of anilines is 1. The summed E-state index contributed by atoms with van der Waals surface area (Å²) in [6.45, 7) is 2.18. The molecule has 72 valence electrons. The first-order chi connectivity index (χ1) is 6.25. The lowest BCUT2D eigenvalue weighted by Crippen LogP contribution is -2.29. The second kappa shape index (κ2) is 3.38. The van der Waals surface area contributed by atoms with Crippen LogP contribution in [0.3, 0.4) is 0 Å². The van der Waals surface area contributed by atoms with Crippen LogP contribution >= 0.6 is 0 Å². The molecule has 1 saturated heterocycles. The largest absolute Gasteiger partial charge is 0.382 e. The number of likely N-dealkylation sites (tertiary alicyclic amines) is 1. The molecule has 1 aromatic rings. The smallest absolute Gasteiger partial charge is 0.145 e. The highest BCUT2D eigenvalue weighted by atomic mass is 15.3. The Morgan fingerprint density at radius 1 is 1.69 bits per heavy atom. The van der Waals surface area contributed by atoms with Crippen LogP contribution in [-0.4, -0.2) is 34.3 Å². The van der Waals surface area contributed by atoms with Crippen LogP contribution in [0.1, 0.15) is 12.8 Å². The molecule has 4 heteroatoms. The Morgan fingerprint density at radius 3 is 3.08 bits per heavy atom. The Kier molecular flexibility index (Phi) is 2.22. The summed E-state index contributed by atoms with van der Waals surface area (Å²) in [7, 11) is 2.17. The van der Waals surface area contributed by atoms with E-state index in [2.05, 4.69) is 17.0 Å². The summed E-state index contributed by atoms with van der Waals surface area (Å²) in [5, 5.41) is 4.18. The molecule has 1 aliphatic rings. The molecule has 0 aromatic carbocycles. The van der Waals surface area contributed by atoms with Crippen molar-refractivity contribution in [1.82, 2.24) is 14.7 Å². The third-order valence-electron chi connectivity index (χ3n) is 2.73. The number of hydrogen-bond donors (Lipinski definition) is 1. The first kappa shape index (κ1) is 8.56. The van der Waals surface area contributed by atoms with E-state index in [0.29, 0.717) is 11.9 Å². The van der Waals surface area contributed by atoms with Crippen LogP contribution < -0.4 is 5.73 Å². The van der Waals surface area contributed by atoms with Crippen LogP contribution in [0, 0.1) is 0 Å². The van der Waals surface area contributed by atoms with Gasteiger partial charge in [-0.15, -0.1) is 0 Å². The summed E-state index contributed by atoms with van der Waals surface area (Å²) in [5.74, 6) is 0.612. The summed E-state index contributed by atoms with van der Waals surface area (Å²) in [6, 6.07) is 2.48. The highest BCUT2D eigenvalue weighted by Crippen LogP contribution is 2.16. The van der Waals surface area contributed by atoms with E-state index >= 15 is 0 Å². The molecule has 1 fully saturated rings. The zero-order valence-corrected chi connectivity index (χ0v) is 7.98. The zero-order chi connectivity index (χ0) is 9.26. The highest BCUT2D eigenvalue weighted by molar-refractivity contribution is 5.23. The Morgan fingerprint density at radius 2 is 2.54 bits per heavy atom. The summed E-state index contributed by atoms with van der Waals surface area (Å²) in [4.78, 5) is 2.39. The fourth-order valence-electron chi connectivity index (χ4n) is 1.90. The number of aromatic nitrogens is 2. The average Bonchev–Trinajstić information content (AvgIpc) is 2.64. The predicted octanol–water partition coefficient (Wildman–Crippen LogP) is 0.559. The van der Waals surface area contributed by atoms with E-state index in [-0.39, 0.29) is 0 Å². The molecule has 2 N–H and O–H groups in total. The monoisotopic (exact) mass is 180 g/mol. The molecule has 0 radical (unpaired) electrons. The van der Waals surface area contributed by atoms with E-state index in [1.165, 1.54) is 19.4 Å². The van der Waals surface area contributed by atoms with Crippen LogP contribution in [0.15, 0.2) is 12.3 Å². The fourth-order valence-corrected chi connectivity index (χ4v) is 1.90. The Hall–Kier alpha value is -1.03. The van der Waals surface area contributed by atoms with E-state index in [1.807, 2.05) is 16.9 Å². The maximum absolute atomic E-state index is 5.54. The topological polar surface area (TPSA) is 47.1 Å². The van der Waals surface area contributed by atoms with E-state index < -0.39 is 0 Å². The van der Waals surface area contributed by atoms with Crippen molar-refractivity contribution in [2.75, 3.05) is 19.3 Å². The molecule has 0 spiro atoms. The van der Waals surface area contributed by atoms with Crippen molar-refractivity contribution in [3.63, 3.8) is 0 Å². The van der Waals surface area contributed by atoms with Gasteiger partial charge in [-0.1, -0.05) is 0 Å². The van der Waals surface area contributed by atoms with Gasteiger partial charge in [0.05, 0.1) is 6.54 Å². The number of rotatable bonds is 2. The molecule has 1 aliphatic heterocycles. The minimum Gasteiger partial charge on any atom is -0.382 e. The Balaban J connectivity index is 1.97. The second-order valence-corrected chi connectivity index (χ2v) is 3.74. The van der Waals surface area contributed by atoms with Gasteiger partial charge in [0.15, 0.2) is 0 Å². The SMILES string of the molecule is CN1CCCC1Cn1ccc(N)n1. The molecule has 1 unspecified atom stereocenters. The standard InChI is InChI=1S/C9H16N4/c1-12-5-2-3-8(12)7-13-6-4-9(10)11-13/h4,6,8H,2-3,5,7H2,1H3,(H2,10,11). The molecule has 2 heterocycles. The number of likely N-dealkylation sites (N-methyl/N-ethyl adjacent to an activating group) is 1. The van der Waals surface area contributed by atoms with Gasteiger partial charge in [0.2, 0.25) is 0 Å². The van der Waals surface area contributed by atoms with Gasteiger partial charge < -0.3 is 10.6 Å². The van der Waals surface area contributed by atoms with E-state index in [0.717, 1.165) is 6.54 Å². The molecular formula is C9H16N4. The van der Waals surface area contributed by atoms with Crippen molar-refractivity contribution in [2.24, 2.45) is 0 Å². The van der Waals surface area contributed by atoms with E-state index in [1.54, 1.807) is 0 Å². The Labute approximate surface area is 78.3 Å². The van der Waals surface area contributed by atoms with Gasteiger partial charge in [-0.3, -0.25) is 4.68 Å². The molecule has 2 rings (SSSR count). The van der Waals surface area contributed by atoms with Gasteiger partial charge in [0.1, 0.15) is 5.82 Å². The predicted molar refractivity (Wildman–Crippen MR) is 52.3 cm³/mol. The lowest BCUT2D eigenvalue weighted by molar-refractivity contribution is 0.274. The summed E-state index contributed by atoms with van der Waals surface area (Å²) in [6.07, 6.45) is 4.52. The number of nitrogens with two attached hydrogens (primary N) is 1. The highest BCUT2D eigenvalue weighted by Gasteiger charge is 2.20. The van der Waals surface area contributed by atoms with Gasteiger partial charge in [0.25, 0.3) is 0 Å². The fraction of sp³-hybridized carbons (Fsp3) is 0.667. The van der Waals surface area contributed by atoms with Crippen molar-refractivity contribution >= 4 is 5.82 Å². The zero-order valence-electron chi connectivity index (χ0n) is 7.98. The molecular weight excluding hydrogens is 164 g/mol. The van der Waals surface area contributed by atoms with Crippen molar-refractivity contribution in [2.45, 2.75) is 25.4 Å². The molecule has 0 amide bonds. The second-order valence-electron chi connectivity index (χ2n) is 3.74. The van der Waals surface area contributed by atoms with Crippen LogP contribution in [0.5, 0.6) is 0 Å². The third-order valence-corrected chi connectivity index (χ3v) is 2.73. The minimum atomic E-state index is 0.612. The molecule has 1 atom stereocenters. The van der Waals surface area contributed by atoms with Gasteiger partial charge >= 0.3 is 0 Å². The van der Waals surface area contributed by atoms with Crippen molar-refractivity contribution in [1.29, 1.82) is 0 Å². The van der Waals surface area contributed by atoms with Crippen molar-refractivity contribution in [3.8, 4) is 0 Å². The van der Waals surface area contributed by atoms with Crippen molar-refractivity contribution < 1.29 is 0 Å². The van der Waals surface area contributed by atoms with Gasteiger partial charge in [-0.05, 0) is 32.5 Å². The van der Waals surface area contributed by atoms with Gasteiger partial charge in [-0.2, -0.15) is 5.10 Å². The summed E-state index contributed by atoms with van der Waals surface area (Å²) < 4.78 is 1.93. The molecule has 0 aliphatic carbocycles. The van der Waals surface area contributed by atoms with Crippen LogP contribution in [0.4, 0.5) is 5.82 Å². The van der Waals surface area contributed by atoms with E-state index in [4.69, 9.17) is 5.73 Å². The van der Waals surface area contributed by atoms with Crippen LogP contribution in [0.25, 0.3) is 0 Å². The molecule has 1 aromatic heterocycles. The Bertz CT molecular complexity index is 281. The molecule has 13 heavy (non-hydrogen) atoms. The van der Waals surface area contributed by atoms with Gasteiger partial charge in [-0.25, -0.2) is 0 Å². The lowest BCUT2D eigenvalue weighted by Gasteiger charge is -2.18. The minimum absolute atomic E-state index is 0.612. The molecule has 0 bridgehead atoms. The third kappa shape index (κ3) is 1.83. The van der Waals surface area contributed by atoms with E-state index in [9.17, 15) is 0 Å². The quantitative estimate of drug-likeness (QED) is 0.723. The first-order valence-corrected chi connectivity index (χ1v) is 4.75. The number of nitrogen functional groups attached to an aromatic ring is 1. The number of hydrogen-bond acceptors (Lipinski definition) is 3. The number of nitrogens with zero attached hydrogens (tertiary/aromatic N) is 3. The maximum atomic E-state index is 5.54. The first-order valence-electron chi connectivity index (χ1n) is 4.75. The maximum Gasteiger partial charge on any atom is 0.145 e. The average molecular weight is 180 g/mol. The van der Waals surface area contributed by atoms with Crippen LogP contribution in [0.2, 0.25) is 0 Å². The lowest BCUT2D eigenvalue weighted by atomic mass is 10.2. The normalized spacial score (nSPS) is 23.9. The molecule has 0 saturated carbocycles. The van der Waals surface area contributed by atoms with Crippen molar-refractivity contribution in [3.05, 3.63) is 12.3 Å². The summed E-state index contributed by atoms with van der Waals surface area (Å²) >= 11 is 0. The van der Waals surface area contributed by atoms with Crippen LogP contribution in [-0.2, 0) is 6.54 Å².